The van der Waals surface area contributed by atoms with Crippen LogP contribution < -0.4 is 0 Å². The van der Waals surface area contributed by atoms with E-state index in [1.54, 1.807) is 0 Å². The molecule has 3 nitrogen and oxygen atoms in total. The van der Waals surface area contributed by atoms with Crippen molar-refractivity contribution in [2.45, 2.75) is 46.6 Å². The summed E-state index contributed by atoms with van der Waals surface area (Å²) in [6, 6.07) is 2.12. The number of alkyl halides is 1. The van der Waals surface area contributed by atoms with E-state index in [0.29, 0.717) is 17.2 Å². The number of aromatic nitrogens is 3. The second-order valence-electron chi connectivity index (χ2n) is 6.43. The summed E-state index contributed by atoms with van der Waals surface area (Å²) in [6.45, 7) is 7.74. The lowest BCUT2D eigenvalue weighted by molar-refractivity contribution is 0.308. The number of hydrogen-bond donors (Lipinski definition) is 0. The lowest BCUT2D eigenvalue weighted by Gasteiger charge is -2.21. The minimum Gasteiger partial charge on any atom is -0.312 e. The zero-order chi connectivity index (χ0) is 14.3. The lowest BCUT2D eigenvalue weighted by Crippen LogP contribution is -2.19. The number of pyridine rings is 1. The van der Waals surface area contributed by atoms with Crippen molar-refractivity contribution in [2.75, 3.05) is 5.88 Å². The Morgan fingerprint density at radius 1 is 1.40 bits per heavy atom. The lowest BCUT2D eigenvalue weighted by atomic mass is 9.92. The van der Waals surface area contributed by atoms with Gasteiger partial charge >= 0.3 is 0 Å². The van der Waals surface area contributed by atoms with Gasteiger partial charge in [0.05, 0.1) is 0 Å². The van der Waals surface area contributed by atoms with E-state index in [1.807, 2.05) is 6.20 Å². The predicted octanol–water partition coefficient (Wildman–Crippen LogP) is 3.96. The molecule has 0 amide bonds. The first-order valence-electron chi connectivity index (χ1n) is 7.43. The molecule has 0 unspecified atom stereocenters. The highest BCUT2D eigenvalue weighted by Crippen LogP contribution is 2.53. The standard InChI is InChI=1S/C16H22ClN3/c1-11(2)16(5-6-16)10-20-14(4-7-17)19-13-8-12(3)9-18-15(13)20/h8-9,11H,4-7,10H2,1-3H3. The Balaban J connectivity index is 2.05. The predicted molar refractivity (Wildman–Crippen MR) is 83.2 cm³/mol. The van der Waals surface area contributed by atoms with Crippen LogP contribution in [0.4, 0.5) is 0 Å². The van der Waals surface area contributed by atoms with Gasteiger partial charge in [0.15, 0.2) is 5.65 Å². The number of imidazole rings is 1. The third kappa shape index (κ3) is 2.32. The van der Waals surface area contributed by atoms with Crippen LogP contribution in [0.3, 0.4) is 0 Å². The van der Waals surface area contributed by atoms with E-state index >= 15 is 0 Å². The Morgan fingerprint density at radius 2 is 2.15 bits per heavy atom. The summed E-state index contributed by atoms with van der Waals surface area (Å²) in [6.07, 6.45) is 5.37. The van der Waals surface area contributed by atoms with E-state index in [9.17, 15) is 0 Å². The second-order valence-corrected chi connectivity index (χ2v) is 6.80. The number of fused-ring (bicyclic) bond motifs is 1. The van der Waals surface area contributed by atoms with Gasteiger partial charge < -0.3 is 4.57 Å². The summed E-state index contributed by atoms with van der Waals surface area (Å²) in [5, 5.41) is 0. The summed E-state index contributed by atoms with van der Waals surface area (Å²) in [7, 11) is 0. The monoisotopic (exact) mass is 291 g/mol. The maximum atomic E-state index is 5.94. The molecule has 2 heterocycles. The summed E-state index contributed by atoms with van der Waals surface area (Å²) < 4.78 is 2.31. The topological polar surface area (TPSA) is 30.7 Å². The molecule has 0 aliphatic heterocycles. The van der Waals surface area contributed by atoms with Crippen molar-refractivity contribution >= 4 is 22.8 Å². The summed E-state index contributed by atoms with van der Waals surface area (Å²) in [5.74, 6) is 2.39. The zero-order valence-corrected chi connectivity index (χ0v) is 13.2. The molecule has 20 heavy (non-hydrogen) atoms. The zero-order valence-electron chi connectivity index (χ0n) is 12.5. The van der Waals surface area contributed by atoms with Crippen LogP contribution in [0, 0.1) is 18.3 Å². The average Bonchev–Trinajstić information content (AvgIpc) is 3.11. The molecule has 3 rings (SSSR count). The van der Waals surface area contributed by atoms with E-state index in [1.165, 1.54) is 12.8 Å². The smallest absolute Gasteiger partial charge is 0.160 e. The molecule has 0 N–H and O–H groups in total. The van der Waals surface area contributed by atoms with Crippen molar-refractivity contribution in [1.29, 1.82) is 0 Å². The van der Waals surface area contributed by atoms with Crippen molar-refractivity contribution in [1.82, 2.24) is 14.5 Å². The van der Waals surface area contributed by atoms with Gasteiger partial charge in [-0.25, -0.2) is 9.97 Å². The molecule has 108 valence electrons. The Hall–Kier alpha value is -1.09. The SMILES string of the molecule is Cc1cnc2c(c1)nc(CCCl)n2CC1(C(C)C)CC1. The van der Waals surface area contributed by atoms with E-state index in [4.69, 9.17) is 16.6 Å². The number of nitrogens with zero attached hydrogens (tertiary/aromatic N) is 3. The van der Waals surface area contributed by atoms with Crippen LogP contribution in [0.15, 0.2) is 12.3 Å². The van der Waals surface area contributed by atoms with E-state index in [2.05, 4.69) is 36.4 Å². The minimum atomic E-state index is 0.446. The van der Waals surface area contributed by atoms with Crippen molar-refractivity contribution in [3.05, 3.63) is 23.7 Å². The second kappa shape index (κ2) is 5.03. The minimum absolute atomic E-state index is 0.446. The van der Waals surface area contributed by atoms with Gasteiger partial charge in [0, 0.05) is 25.0 Å². The first-order chi connectivity index (χ1) is 9.55. The Bertz CT molecular complexity index is 626. The maximum absolute atomic E-state index is 5.94. The molecule has 0 bridgehead atoms. The largest absolute Gasteiger partial charge is 0.312 e. The van der Waals surface area contributed by atoms with Crippen molar-refractivity contribution in [3.63, 3.8) is 0 Å². The maximum Gasteiger partial charge on any atom is 0.160 e. The average molecular weight is 292 g/mol. The van der Waals surface area contributed by atoms with Gasteiger partial charge in [-0.3, -0.25) is 0 Å². The highest BCUT2D eigenvalue weighted by atomic mass is 35.5. The third-order valence-electron chi connectivity index (χ3n) is 4.71. The molecule has 0 saturated heterocycles. The van der Waals surface area contributed by atoms with Crippen molar-refractivity contribution in [2.24, 2.45) is 11.3 Å². The first-order valence-corrected chi connectivity index (χ1v) is 7.97. The number of hydrogen-bond acceptors (Lipinski definition) is 2. The van der Waals surface area contributed by atoms with Gasteiger partial charge in [0.2, 0.25) is 0 Å². The van der Waals surface area contributed by atoms with Gasteiger partial charge in [-0.2, -0.15) is 0 Å². The molecule has 0 atom stereocenters. The van der Waals surface area contributed by atoms with E-state index in [0.717, 1.165) is 35.5 Å². The fourth-order valence-corrected chi connectivity index (χ4v) is 3.16. The Kier molecular flexibility index (Phi) is 3.49. The molecule has 2 aromatic rings. The molecule has 0 aromatic carbocycles. The number of halogens is 1. The molecule has 2 aromatic heterocycles. The normalized spacial score (nSPS) is 17.1. The van der Waals surface area contributed by atoms with Gasteiger partial charge in [-0.1, -0.05) is 13.8 Å². The van der Waals surface area contributed by atoms with E-state index in [-0.39, 0.29) is 0 Å². The Morgan fingerprint density at radius 3 is 2.75 bits per heavy atom. The summed E-state index contributed by atoms with van der Waals surface area (Å²) in [5.41, 5.74) is 3.62. The van der Waals surface area contributed by atoms with Crippen LogP contribution in [0.1, 0.15) is 38.1 Å². The van der Waals surface area contributed by atoms with Crippen LogP contribution in [-0.4, -0.2) is 20.4 Å². The number of aryl methyl sites for hydroxylation is 2. The molecule has 1 aliphatic carbocycles. The Labute approximate surface area is 125 Å². The van der Waals surface area contributed by atoms with Crippen molar-refractivity contribution < 1.29 is 0 Å². The summed E-state index contributed by atoms with van der Waals surface area (Å²) >= 11 is 5.94. The molecule has 1 saturated carbocycles. The fraction of sp³-hybridized carbons (Fsp3) is 0.625. The number of rotatable bonds is 5. The molecule has 4 heteroatoms. The molecule has 0 radical (unpaired) electrons. The highest BCUT2D eigenvalue weighted by molar-refractivity contribution is 6.17. The van der Waals surface area contributed by atoms with Crippen LogP contribution >= 0.6 is 11.6 Å². The highest BCUT2D eigenvalue weighted by Gasteiger charge is 2.46. The fourth-order valence-electron chi connectivity index (χ4n) is 2.99. The van der Waals surface area contributed by atoms with Gasteiger partial charge in [0.25, 0.3) is 0 Å². The van der Waals surface area contributed by atoms with Gasteiger partial charge in [-0.05, 0) is 42.7 Å². The summed E-state index contributed by atoms with van der Waals surface area (Å²) in [4.78, 5) is 9.36. The van der Waals surface area contributed by atoms with Gasteiger partial charge in [-0.15, -0.1) is 11.6 Å². The quantitative estimate of drug-likeness (QED) is 0.781. The molecule has 0 spiro atoms. The molecule has 1 aliphatic rings. The van der Waals surface area contributed by atoms with E-state index < -0.39 is 0 Å². The van der Waals surface area contributed by atoms with Crippen LogP contribution in [0.5, 0.6) is 0 Å². The molecular weight excluding hydrogens is 270 g/mol. The van der Waals surface area contributed by atoms with Crippen LogP contribution in [0.2, 0.25) is 0 Å². The molecular formula is C16H22ClN3. The molecule has 1 fully saturated rings. The van der Waals surface area contributed by atoms with Crippen LogP contribution in [-0.2, 0) is 13.0 Å². The van der Waals surface area contributed by atoms with Gasteiger partial charge in [0.1, 0.15) is 11.3 Å². The first kappa shape index (κ1) is 13.9. The van der Waals surface area contributed by atoms with Crippen molar-refractivity contribution in [3.8, 4) is 0 Å². The van der Waals surface area contributed by atoms with Crippen LogP contribution in [0.25, 0.3) is 11.2 Å². The third-order valence-corrected chi connectivity index (χ3v) is 4.90.